The summed E-state index contributed by atoms with van der Waals surface area (Å²) in [5.74, 6) is 0.773. The molecule has 3 aromatic rings. The lowest BCUT2D eigenvalue weighted by molar-refractivity contribution is -0.120. The van der Waals surface area contributed by atoms with Gasteiger partial charge in [-0.1, -0.05) is 12.1 Å². The van der Waals surface area contributed by atoms with Gasteiger partial charge in [0.15, 0.2) is 5.82 Å². The lowest BCUT2D eigenvalue weighted by Gasteiger charge is -2.28. The van der Waals surface area contributed by atoms with E-state index in [9.17, 15) is 9.59 Å². The number of tetrazole rings is 1. The number of para-hydroxylation sites is 1. The van der Waals surface area contributed by atoms with Crippen LogP contribution < -0.4 is 10.2 Å². The summed E-state index contributed by atoms with van der Waals surface area (Å²) < 4.78 is 1.85. The van der Waals surface area contributed by atoms with Gasteiger partial charge in [-0.3, -0.25) is 9.59 Å². The minimum absolute atomic E-state index is 0.0158. The second-order valence-corrected chi connectivity index (χ2v) is 8.06. The molecule has 8 nitrogen and oxygen atoms in total. The van der Waals surface area contributed by atoms with Crippen molar-refractivity contribution in [3.8, 4) is 11.4 Å². The van der Waals surface area contributed by atoms with Gasteiger partial charge in [0.1, 0.15) is 6.54 Å². The Hall–Kier alpha value is -3.20. The molecule has 1 aliphatic carbocycles. The monoisotopic (exact) mass is 406 g/mol. The maximum Gasteiger partial charge on any atom is 0.244 e. The van der Waals surface area contributed by atoms with Crippen molar-refractivity contribution in [3.63, 3.8) is 0 Å². The number of thioether (sulfide) groups is 1. The van der Waals surface area contributed by atoms with Gasteiger partial charge in [-0.25, -0.2) is 4.68 Å². The molecule has 9 heteroatoms. The molecule has 0 bridgehead atoms. The summed E-state index contributed by atoms with van der Waals surface area (Å²) in [6.07, 6.45) is 2.20. The molecule has 29 heavy (non-hydrogen) atoms. The third-order valence-corrected chi connectivity index (χ3v) is 5.97. The third kappa shape index (κ3) is 3.61. The van der Waals surface area contributed by atoms with Gasteiger partial charge in [-0.15, -0.1) is 16.9 Å². The highest BCUT2D eigenvalue weighted by Crippen LogP contribution is 2.37. The van der Waals surface area contributed by atoms with Crippen LogP contribution in [0.25, 0.3) is 11.4 Å². The molecule has 0 atom stereocenters. The fraction of sp³-hybridized carbons (Fsp3) is 0.250. The van der Waals surface area contributed by atoms with Gasteiger partial charge in [0.05, 0.1) is 17.5 Å². The number of anilines is 2. The number of hydrogen-bond donors (Lipinski definition) is 1. The van der Waals surface area contributed by atoms with E-state index >= 15 is 0 Å². The van der Waals surface area contributed by atoms with E-state index in [1.54, 1.807) is 4.90 Å². The van der Waals surface area contributed by atoms with Crippen molar-refractivity contribution in [1.82, 2.24) is 20.2 Å². The van der Waals surface area contributed by atoms with Crippen LogP contribution in [0.1, 0.15) is 18.9 Å². The van der Waals surface area contributed by atoms with Gasteiger partial charge in [0, 0.05) is 16.1 Å². The topological polar surface area (TPSA) is 93.0 Å². The van der Waals surface area contributed by atoms with Crippen LogP contribution in [0.15, 0.2) is 53.4 Å². The molecule has 0 saturated heterocycles. The molecule has 2 aromatic carbocycles. The maximum atomic E-state index is 12.6. The number of nitrogens with one attached hydrogen (secondary N) is 1. The van der Waals surface area contributed by atoms with Gasteiger partial charge in [0.2, 0.25) is 11.8 Å². The second-order valence-electron chi connectivity index (χ2n) is 7.04. The number of rotatable bonds is 5. The van der Waals surface area contributed by atoms with E-state index in [4.69, 9.17) is 0 Å². The number of nitrogens with zero attached hydrogens (tertiary/aromatic N) is 5. The van der Waals surface area contributed by atoms with E-state index in [2.05, 4.69) is 20.8 Å². The number of fused-ring (bicyclic) bond motifs is 1. The summed E-state index contributed by atoms with van der Waals surface area (Å²) in [6.45, 7) is -0.0158. The highest BCUT2D eigenvalue weighted by atomic mass is 32.2. The first-order valence-corrected chi connectivity index (χ1v) is 10.4. The van der Waals surface area contributed by atoms with E-state index < -0.39 is 0 Å². The predicted molar refractivity (Wildman–Crippen MR) is 110 cm³/mol. The molecule has 0 radical (unpaired) electrons. The lowest BCUT2D eigenvalue weighted by Crippen LogP contribution is -2.41. The van der Waals surface area contributed by atoms with Crippen LogP contribution in [0.5, 0.6) is 0 Å². The fourth-order valence-electron chi connectivity index (χ4n) is 3.32. The number of hydrogen-bond acceptors (Lipinski definition) is 6. The van der Waals surface area contributed by atoms with Crippen molar-refractivity contribution in [2.45, 2.75) is 23.8 Å². The molecule has 2 aliphatic rings. The number of carbonyl (C=O) groups excluding carboxylic acids is 2. The summed E-state index contributed by atoms with van der Waals surface area (Å²) in [5.41, 5.74) is 2.35. The Morgan fingerprint density at radius 2 is 1.93 bits per heavy atom. The average molecular weight is 406 g/mol. The van der Waals surface area contributed by atoms with Crippen LogP contribution in [0.4, 0.5) is 11.4 Å². The Morgan fingerprint density at radius 3 is 2.72 bits per heavy atom. The molecule has 1 aliphatic heterocycles. The third-order valence-electron chi connectivity index (χ3n) is 4.92. The molecule has 146 valence electrons. The lowest BCUT2D eigenvalue weighted by atomic mass is 10.2. The Morgan fingerprint density at radius 1 is 1.14 bits per heavy atom. The average Bonchev–Trinajstić information content (AvgIpc) is 3.47. The van der Waals surface area contributed by atoms with Crippen molar-refractivity contribution in [2.24, 2.45) is 0 Å². The smallest absolute Gasteiger partial charge is 0.244 e. The minimum atomic E-state index is -0.240. The first-order valence-electron chi connectivity index (χ1n) is 9.39. The van der Waals surface area contributed by atoms with Crippen molar-refractivity contribution in [2.75, 3.05) is 22.5 Å². The molecule has 2 heterocycles. The van der Waals surface area contributed by atoms with Crippen LogP contribution in [-0.2, 0) is 9.59 Å². The van der Waals surface area contributed by atoms with Crippen LogP contribution in [0.2, 0.25) is 0 Å². The number of aromatic nitrogens is 4. The van der Waals surface area contributed by atoms with Gasteiger partial charge in [-0.2, -0.15) is 0 Å². The zero-order chi connectivity index (χ0) is 19.8. The highest BCUT2D eigenvalue weighted by Gasteiger charge is 2.28. The molecule has 1 N–H and O–H groups in total. The van der Waals surface area contributed by atoms with E-state index in [1.165, 1.54) is 11.8 Å². The van der Waals surface area contributed by atoms with E-state index in [0.29, 0.717) is 17.5 Å². The molecule has 0 unspecified atom stereocenters. The van der Waals surface area contributed by atoms with Crippen molar-refractivity contribution in [3.05, 3.63) is 48.5 Å². The van der Waals surface area contributed by atoms with E-state index in [0.717, 1.165) is 34.8 Å². The normalized spacial score (nSPS) is 15.9. The summed E-state index contributed by atoms with van der Waals surface area (Å²) in [7, 11) is 0. The molecular weight excluding hydrogens is 388 g/mol. The maximum absolute atomic E-state index is 12.6. The largest absolute Gasteiger partial charge is 0.325 e. The zero-order valence-electron chi connectivity index (χ0n) is 15.5. The van der Waals surface area contributed by atoms with Gasteiger partial charge >= 0.3 is 0 Å². The van der Waals surface area contributed by atoms with Crippen molar-refractivity contribution in [1.29, 1.82) is 0 Å². The molecule has 5 rings (SSSR count). The molecule has 2 amide bonds. The van der Waals surface area contributed by atoms with E-state index in [1.807, 2.05) is 53.2 Å². The molecule has 1 saturated carbocycles. The second kappa shape index (κ2) is 7.32. The number of carbonyl (C=O) groups is 2. The Labute approximate surface area is 171 Å². The van der Waals surface area contributed by atoms with Crippen LogP contribution >= 0.6 is 11.8 Å². The van der Waals surface area contributed by atoms with Gasteiger partial charge < -0.3 is 10.2 Å². The SMILES string of the molecule is O=C(CN1C(=O)CSc2ccccc21)Nc1ccc(-c2nnnn2C2CC2)cc1. The molecule has 0 spiro atoms. The van der Waals surface area contributed by atoms with E-state index in [-0.39, 0.29) is 18.4 Å². The Bertz CT molecular complexity index is 1080. The summed E-state index contributed by atoms with van der Waals surface area (Å²) in [6, 6.07) is 15.4. The predicted octanol–water partition coefficient (Wildman–Crippen LogP) is 2.75. The standard InChI is InChI=1S/C20H18N6O2S/c27-18(11-25-16-3-1-2-4-17(16)29-12-19(25)28)21-14-7-5-13(6-8-14)20-22-23-24-26(20)15-9-10-15/h1-8,15H,9-12H2,(H,21,27). The highest BCUT2D eigenvalue weighted by molar-refractivity contribution is 8.00. The molecule has 1 fully saturated rings. The zero-order valence-corrected chi connectivity index (χ0v) is 16.3. The quantitative estimate of drug-likeness (QED) is 0.700. The Balaban J connectivity index is 1.28. The molecular formula is C20H18N6O2S. The number of amides is 2. The van der Waals surface area contributed by atoms with Crippen LogP contribution in [-0.4, -0.2) is 44.3 Å². The van der Waals surface area contributed by atoms with Crippen molar-refractivity contribution >= 4 is 35.0 Å². The van der Waals surface area contributed by atoms with Gasteiger partial charge in [-0.05, 0) is 59.7 Å². The van der Waals surface area contributed by atoms with Crippen LogP contribution in [0, 0.1) is 0 Å². The Kier molecular flexibility index (Phi) is 4.51. The van der Waals surface area contributed by atoms with Gasteiger partial charge in [0.25, 0.3) is 0 Å². The fourth-order valence-corrected chi connectivity index (χ4v) is 4.26. The molecule has 1 aromatic heterocycles. The first-order chi connectivity index (χ1) is 14.2. The minimum Gasteiger partial charge on any atom is -0.325 e. The van der Waals surface area contributed by atoms with Crippen molar-refractivity contribution < 1.29 is 9.59 Å². The van der Waals surface area contributed by atoms with Crippen LogP contribution in [0.3, 0.4) is 0 Å². The summed E-state index contributed by atoms with van der Waals surface area (Å²) in [5, 5.41) is 14.8. The first kappa shape index (κ1) is 17.9. The summed E-state index contributed by atoms with van der Waals surface area (Å²) in [4.78, 5) is 27.4. The summed E-state index contributed by atoms with van der Waals surface area (Å²) >= 11 is 1.50. The number of benzene rings is 2.